The van der Waals surface area contributed by atoms with Gasteiger partial charge in [0.15, 0.2) is 0 Å². The van der Waals surface area contributed by atoms with Crippen LogP contribution in [0.2, 0.25) is 0 Å². The van der Waals surface area contributed by atoms with Crippen LogP contribution in [0.5, 0.6) is 5.88 Å². The van der Waals surface area contributed by atoms with Gasteiger partial charge in [-0.3, -0.25) is 0 Å². The normalized spacial score (nSPS) is 15.5. The number of allylic oxidation sites excluding steroid dienone is 2. The van der Waals surface area contributed by atoms with Crippen molar-refractivity contribution in [2.24, 2.45) is 5.92 Å². The van der Waals surface area contributed by atoms with Gasteiger partial charge in [0, 0.05) is 11.1 Å². The van der Waals surface area contributed by atoms with E-state index in [9.17, 15) is 8.42 Å². The van der Waals surface area contributed by atoms with Crippen LogP contribution in [0.1, 0.15) is 33.1 Å². The standard InChI is InChI=1S/C15H19N3O3S/c1-10(2)8-21-15-13-12(7-16-14(13)17-9-18-15)22(19,20)11-5-3-4-6-11/h5,7,9-10H,3-4,6,8H2,1-2H3,(H,16,17,18). The molecule has 2 aromatic rings. The summed E-state index contributed by atoms with van der Waals surface area (Å²) < 4.78 is 31.3. The zero-order valence-electron chi connectivity index (χ0n) is 12.7. The quantitative estimate of drug-likeness (QED) is 0.915. The fourth-order valence-electron chi connectivity index (χ4n) is 2.50. The molecule has 1 aliphatic rings. The van der Waals surface area contributed by atoms with Gasteiger partial charge in [-0.05, 0) is 25.2 Å². The summed E-state index contributed by atoms with van der Waals surface area (Å²) in [4.78, 5) is 11.8. The average molecular weight is 321 g/mol. The first kappa shape index (κ1) is 15.0. The molecular weight excluding hydrogens is 302 g/mol. The first-order chi connectivity index (χ1) is 10.5. The molecule has 0 aliphatic heterocycles. The molecule has 6 nitrogen and oxygen atoms in total. The molecule has 0 fully saturated rings. The SMILES string of the molecule is CC(C)COc1ncnc2[nH]cc(S(=O)(=O)C3=CCCC3)c12. The number of sulfone groups is 1. The van der Waals surface area contributed by atoms with Gasteiger partial charge in [-0.1, -0.05) is 19.9 Å². The van der Waals surface area contributed by atoms with Gasteiger partial charge in [0.1, 0.15) is 16.9 Å². The number of aromatic nitrogens is 3. The van der Waals surface area contributed by atoms with Crippen LogP contribution in [0.25, 0.3) is 11.0 Å². The Balaban J connectivity index is 2.10. The number of hydrogen-bond acceptors (Lipinski definition) is 5. The van der Waals surface area contributed by atoms with Gasteiger partial charge in [0.2, 0.25) is 15.7 Å². The highest BCUT2D eigenvalue weighted by atomic mass is 32.2. The third-order valence-corrected chi connectivity index (χ3v) is 5.55. The van der Waals surface area contributed by atoms with E-state index in [0.717, 1.165) is 12.8 Å². The van der Waals surface area contributed by atoms with Gasteiger partial charge in [-0.2, -0.15) is 0 Å². The van der Waals surface area contributed by atoms with Crippen LogP contribution in [0.15, 0.2) is 28.4 Å². The van der Waals surface area contributed by atoms with Gasteiger partial charge in [0.25, 0.3) is 0 Å². The molecule has 2 aromatic heterocycles. The van der Waals surface area contributed by atoms with Gasteiger partial charge in [-0.25, -0.2) is 18.4 Å². The number of H-pyrrole nitrogens is 1. The van der Waals surface area contributed by atoms with E-state index in [4.69, 9.17) is 4.74 Å². The van der Waals surface area contributed by atoms with Crippen molar-refractivity contribution in [2.75, 3.05) is 6.61 Å². The molecule has 7 heteroatoms. The van der Waals surface area contributed by atoms with Crippen molar-refractivity contribution in [2.45, 2.75) is 38.0 Å². The molecule has 0 spiro atoms. The van der Waals surface area contributed by atoms with Crippen LogP contribution in [0.3, 0.4) is 0 Å². The monoisotopic (exact) mass is 321 g/mol. The lowest BCUT2D eigenvalue weighted by molar-refractivity contribution is 0.264. The number of aromatic amines is 1. The maximum Gasteiger partial charge on any atom is 0.227 e. The molecule has 118 valence electrons. The van der Waals surface area contributed by atoms with Crippen LogP contribution < -0.4 is 4.74 Å². The molecule has 1 N–H and O–H groups in total. The van der Waals surface area contributed by atoms with Crippen LogP contribution >= 0.6 is 0 Å². The van der Waals surface area contributed by atoms with Gasteiger partial charge >= 0.3 is 0 Å². The van der Waals surface area contributed by atoms with E-state index in [1.807, 2.05) is 13.8 Å². The smallest absolute Gasteiger partial charge is 0.227 e. The van der Waals surface area contributed by atoms with Crippen molar-refractivity contribution < 1.29 is 13.2 Å². The van der Waals surface area contributed by atoms with Gasteiger partial charge in [-0.15, -0.1) is 0 Å². The molecule has 0 saturated heterocycles. The molecule has 2 heterocycles. The van der Waals surface area contributed by atoms with E-state index in [1.54, 1.807) is 6.08 Å². The Hall–Kier alpha value is -1.89. The first-order valence-corrected chi connectivity index (χ1v) is 8.87. The van der Waals surface area contributed by atoms with Crippen molar-refractivity contribution in [1.29, 1.82) is 0 Å². The molecule has 3 rings (SSSR count). The second kappa shape index (κ2) is 5.72. The lowest BCUT2D eigenvalue weighted by Crippen LogP contribution is -2.08. The maximum absolute atomic E-state index is 12.8. The fraction of sp³-hybridized carbons (Fsp3) is 0.467. The minimum absolute atomic E-state index is 0.204. The lowest BCUT2D eigenvalue weighted by Gasteiger charge is -2.10. The number of nitrogens with one attached hydrogen (secondary N) is 1. The fourth-order valence-corrected chi connectivity index (χ4v) is 4.20. The Labute approximate surface area is 129 Å². The molecule has 0 unspecified atom stereocenters. The Morgan fingerprint density at radius 1 is 1.36 bits per heavy atom. The average Bonchev–Trinajstić information content (AvgIpc) is 3.14. The summed E-state index contributed by atoms with van der Waals surface area (Å²) in [5.41, 5.74) is 0.478. The molecule has 0 radical (unpaired) electrons. The van der Waals surface area contributed by atoms with Crippen LogP contribution in [-0.2, 0) is 9.84 Å². The lowest BCUT2D eigenvalue weighted by atomic mass is 10.2. The Morgan fingerprint density at radius 3 is 2.86 bits per heavy atom. The third-order valence-electron chi connectivity index (χ3n) is 3.59. The Bertz CT molecular complexity index is 822. The predicted octanol–water partition coefficient (Wildman–Crippen LogP) is 2.83. The van der Waals surface area contributed by atoms with Gasteiger partial charge < -0.3 is 9.72 Å². The second-order valence-electron chi connectivity index (χ2n) is 5.83. The summed E-state index contributed by atoms with van der Waals surface area (Å²) in [6.45, 7) is 4.52. The first-order valence-electron chi connectivity index (χ1n) is 7.39. The molecule has 22 heavy (non-hydrogen) atoms. The number of rotatable bonds is 5. The van der Waals surface area contributed by atoms with E-state index < -0.39 is 9.84 Å². The Kier molecular flexibility index (Phi) is 3.90. The molecule has 1 aliphatic carbocycles. The topological polar surface area (TPSA) is 84.9 Å². The number of nitrogens with zero attached hydrogens (tertiary/aromatic N) is 2. The zero-order chi connectivity index (χ0) is 15.7. The van der Waals surface area contributed by atoms with E-state index >= 15 is 0 Å². The molecule has 0 saturated carbocycles. The largest absolute Gasteiger partial charge is 0.477 e. The second-order valence-corrected chi connectivity index (χ2v) is 7.80. The third kappa shape index (κ3) is 2.61. The summed E-state index contributed by atoms with van der Waals surface area (Å²) in [7, 11) is -3.51. The van der Waals surface area contributed by atoms with Crippen LogP contribution in [0, 0.1) is 5.92 Å². The van der Waals surface area contributed by atoms with Crippen molar-refractivity contribution in [3.05, 3.63) is 23.5 Å². The predicted molar refractivity (Wildman–Crippen MR) is 83.3 cm³/mol. The number of ether oxygens (including phenoxy) is 1. The number of hydrogen-bond donors (Lipinski definition) is 1. The molecular formula is C15H19N3O3S. The van der Waals surface area contributed by atoms with Gasteiger partial charge in [0.05, 0.1) is 12.0 Å². The highest BCUT2D eigenvalue weighted by Gasteiger charge is 2.28. The minimum atomic E-state index is -3.51. The van der Waals surface area contributed by atoms with Crippen LogP contribution in [-0.4, -0.2) is 30.0 Å². The van der Waals surface area contributed by atoms with E-state index in [2.05, 4.69) is 15.0 Å². The summed E-state index contributed by atoms with van der Waals surface area (Å²) in [6.07, 6.45) is 6.93. The molecule has 0 amide bonds. The maximum atomic E-state index is 12.8. The zero-order valence-corrected chi connectivity index (χ0v) is 13.5. The summed E-state index contributed by atoms with van der Waals surface area (Å²) in [5, 5.41) is 0.441. The number of fused-ring (bicyclic) bond motifs is 1. The van der Waals surface area contributed by atoms with E-state index in [1.165, 1.54) is 12.5 Å². The highest BCUT2D eigenvalue weighted by molar-refractivity contribution is 7.95. The Morgan fingerprint density at radius 2 is 2.18 bits per heavy atom. The van der Waals surface area contributed by atoms with E-state index in [-0.39, 0.29) is 4.90 Å². The van der Waals surface area contributed by atoms with Crippen molar-refractivity contribution in [3.8, 4) is 5.88 Å². The molecule has 0 atom stereocenters. The summed E-state index contributed by atoms with van der Waals surface area (Å²) >= 11 is 0. The summed E-state index contributed by atoms with van der Waals surface area (Å²) in [5.74, 6) is 0.638. The minimum Gasteiger partial charge on any atom is -0.477 e. The highest BCUT2D eigenvalue weighted by Crippen LogP contribution is 2.35. The summed E-state index contributed by atoms with van der Waals surface area (Å²) in [6, 6.07) is 0. The van der Waals surface area contributed by atoms with Crippen molar-refractivity contribution in [3.63, 3.8) is 0 Å². The molecule has 0 aromatic carbocycles. The van der Waals surface area contributed by atoms with Crippen molar-refractivity contribution >= 4 is 20.9 Å². The van der Waals surface area contributed by atoms with Crippen LogP contribution in [0.4, 0.5) is 0 Å². The molecule has 0 bridgehead atoms. The van der Waals surface area contributed by atoms with Crippen molar-refractivity contribution in [1.82, 2.24) is 15.0 Å². The van der Waals surface area contributed by atoms with E-state index in [0.29, 0.717) is 40.8 Å².